The van der Waals surface area contributed by atoms with E-state index < -0.39 is 0 Å². The van der Waals surface area contributed by atoms with Crippen LogP contribution in [0, 0.1) is 5.82 Å². The lowest BCUT2D eigenvalue weighted by Crippen LogP contribution is -2.14. The van der Waals surface area contributed by atoms with Crippen molar-refractivity contribution in [2.24, 2.45) is 0 Å². The number of hydrogen-bond donors (Lipinski definition) is 0. The van der Waals surface area contributed by atoms with Gasteiger partial charge in [0.05, 0.1) is 5.69 Å². The third kappa shape index (κ3) is 1.75. The Balaban J connectivity index is 2.08. The largest absolute Gasteiger partial charge is 0.331 e. The minimum absolute atomic E-state index is 0.199. The van der Waals surface area contributed by atoms with E-state index in [2.05, 4.69) is 16.5 Å². The number of halogens is 1. The lowest BCUT2D eigenvalue weighted by Gasteiger charge is -2.20. The molecule has 0 N–H and O–H groups in total. The fourth-order valence-corrected chi connectivity index (χ4v) is 2.49. The van der Waals surface area contributed by atoms with Crippen molar-refractivity contribution in [3.63, 3.8) is 0 Å². The zero-order valence-electron chi connectivity index (χ0n) is 9.86. The van der Waals surface area contributed by atoms with Gasteiger partial charge in [-0.3, -0.25) is 0 Å². The second-order valence-electron chi connectivity index (χ2n) is 4.67. The van der Waals surface area contributed by atoms with Crippen molar-refractivity contribution < 1.29 is 4.39 Å². The average Bonchev–Trinajstić information content (AvgIpc) is 2.75. The summed E-state index contributed by atoms with van der Waals surface area (Å²) in [7, 11) is 0. The van der Waals surface area contributed by atoms with E-state index in [1.807, 2.05) is 12.3 Å². The Morgan fingerprint density at radius 3 is 2.94 bits per heavy atom. The van der Waals surface area contributed by atoms with Gasteiger partial charge < -0.3 is 4.57 Å². The molecule has 1 aromatic heterocycles. The van der Waals surface area contributed by atoms with Gasteiger partial charge in [0, 0.05) is 24.2 Å². The van der Waals surface area contributed by atoms with E-state index in [0.717, 1.165) is 17.9 Å². The summed E-state index contributed by atoms with van der Waals surface area (Å²) in [5.41, 5.74) is 1.36. The van der Waals surface area contributed by atoms with Gasteiger partial charge in [0.2, 0.25) is 0 Å². The summed E-state index contributed by atoms with van der Waals surface area (Å²) in [6.45, 7) is 2.19. The molecular weight excluding hydrogens is 215 g/mol. The smallest absolute Gasteiger partial charge is 0.132 e. The molecule has 0 unspecified atom stereocenters. The van der Waals surface area contributed by atoms with Crippen LogP contribution in [-0.2, 0) is 6.42 Å². The van der Waals surface area contributed by atoms with Crippen LogP contribution in [0.3, 0.4) is 0 Å². The van der Waals surface area contributed by atoms with Gasteiger partial charge in [-0.1, -0.05) is 12.1 Å². The topological polar surface area (TPSA) is 17.8 Å². The maximum absolute atomic E-state index is 13.7. The fraction of sp³-hybridized carbons (Fsp3) is 0.357. The Kier molecular flexibility index (Phi) is 2.46. The van der Waals surface area contributed by atoms with Crippen molar-refractivity contribution in [2.75, 3.05) is 0 Å². The van der Waals surface area contributed by atoms with Crippen molar-refractivity contribution in [2.45, 2.75) is 32.2 Å². The van der Waals surface area contributed by atoms with Crippen molar-refractivity contribution in [1.29, 1.82) is 0 Å². The molecule has 1 aromatic carbocycles. The Morgan fingerprint density at radius 1 is 1.35 bits per heavy atom. The maximum Gasteiger partial charge on any atom is 0.132 e. The van der Waals surface area contributed by atoms with E-state index in [1.165, 1.54) is 18.9 Å². The third-order valence-electron chi connectivity index (χ3n) is 3.46. The normalized spacial score (nSPS) is 19.1. The maximum atomic E-state index is 13.7. The highest BCUT2D eigenvalue weighted by molar-refractivity contribution is 5.59. The fourth-order valence-electron chi connectivity index (χ4n) is 2.49. The molecule has 1 aliphatic heterocycles. The summed E-state index contributed by atoms with van der Waals surface area (Å²) in [6.07, 6.45) is 5.34. The molecule has 1 atom stereocenters. The van der Waals surface area contributed by atoms with Gasteiger partial charge in [-0.05, 0) is 31.9 Å². The van der Waals surface area contributed by atoms with Crippen LogP contribution in [-0.4, -0.2) is 9.55 Å². The van der Waals surface area contributed by atoms with Crippen LogP contribution < -0.4 is 0 Å². The standard InChI is InChI=1S/C14H15FN2/c1-10-5-4-8-14-16-13(9-17(10)14)11-6-2-3-7-12(11)15/h2-3,6-7,9-10H,4-5,8H2,1H3/t10-/m1/s1. The van der Waals surface area contributed by atoms with E-state index in [-0.39, 0.29) is 5.82 Å². The monoisotopic (exact) mass is 230 g/mol. The number of fused-ring (bicyclic) bond motifs is 1. The zero-order valence-corrected chi connectivity index (χ0v) is 9.86. The van der Waals surface area contributed by atoms with Gasteiger partial charge >= 0.3 is 0 Å². The Bertz CT molecular complexity index is 545. The van der Waals surface area contributed by atoms with Crippen LogP contribution >= 0.6 is 0 Å². The summed E-state index contributed by atoms with van der Waals surface area (Å²) in [5.74, 6) is 0.887. The average molecular weight is 230 g/mol. The summed E-state index contributed by atoms with van der Waals surface area (Å²) >= 11 is 0. The van der Waals surface area contributed by atoms with Gasteiger partial charge in [0.25, 0.3) is 0 Å². The predicted octanol–water partition coefficient (Wildman–Crippen LogP) is 3.59. The van der Waals surface area contributed by atoms with E-state index in [4.69, 9.17) is 0 Å². The van der Waals surface area contributed by atoms with Gasteiger partial charge in [-0.15, -0.1) is 0 Å². The number of imidazole rings is 1. The molecule has 1 aliphatic rings. The molecule has 0 fully saturated rings. The van der Waals surface area contributed by atoms with Gasteiger partial charge in [-0.2, -0.15) is 0 Å². The van der Waals surface area contributed by atoms with E-state index in [0.29, 0.717) is 11.6 Å². The van der Waals surface area contributed by atoms with E-state index >= 15 is 0 Å². The lowest BCUT2D eigenvalue weighted by molar-refractivity contribution is 0.426. The highest BCUT2D eigenvalue weighted by atomic mass is 19.1. The molecule has 17 heavy (non-hydrogen) atoms. The molecule has 0 saturated heterocycles. The SMILES string of the molecule is C[C@@H]1CCCc2nc(-c3ccccc3F)cn21. The van der Waals surface area contributed by atoms with E-state index in [1.54, 1.807) is 12.1 Å². The number of hydrogen-bond acceptors (Lipinski definition) is 1. The second kappa shape index (κ2) is 3.99. The minimum atomic E-state index is -0.199. The third-order valence-corrected chi connectivity index (χ3v) is 3.46. The van der Waals surface area contributed by atoms with Crippen LogP contribution in [0.15, 0.2) is 30.5 Å². The van der Waals surface area contributed by atoms with Crippen LogP contribution in [0.5, 0.6) is 0 Å². The molecule has 88 valence electrons. The predicted molar refractivity (Wildman–Crippen MR) is 65.3 cm³/mol. The van der Waals surface area contributed by atoms with Gasteiger partial charge in [0.15, 0.2) is 0 Å². The molecule has 0 saturated carbocycles. The number of nitrogens with zero attached hydrogens (tertiary/aromatic N) is 2. The molecule has 0 bridgehead atoms. The summed E-state index contributed by atoms with van der Waals surface area (Å²) < 4.78 is 15.9. The molecule has 0 aliphatic carbocycles. The molecule has 0 spiro atoms. The van der Waals surface area contributed by atoms with Crippen molar-refractivity contribution >= 4 is 0 Å². The first kappa shape index (κ1) is 10.5. The number of benzene rings is 1. The molecule has 3 rings (SSSR count). The zero-order chi connectivity index (χ0) is 11.8. The molecule has 2 nitrogen and oxygen atoms in total. The van der Waals surface area contributed by atoms with E-state index in [9.17, 15) is 4.39 Å². The Morgan fingerprint density at radius 2 is 2.18 bits per heavy atom. The van der Waals surface area contributed by atoms with Crippen LogP contribution in [0.4, 0.5) is 4.39 Å². The molecule has 2 heterocycles. The molecular formula is C14H15FN2. The molecule has 3 heteroatoms. The second-order valence-corrected chi connectivity index (χ2v) is 4.67. The van der Waals surface area contributed by atoms with Gasteiger partial charge in [0.1, 0.15) is 11.6 Å². The Labute approximate surface area is 100 Å². The van der Waals surface area contributed by atoms with Crippen molar-refractivity contribution in [1.82, 2.24) is 9.55 Å². The van der Waals surface area contributed by atoms with Crippen molar-refractivity contribution in [3.8, 4) is 11.3 Å². The highest BCUT2D eigenvalue weighted by Gasteiger charge is 2.19. The molecule has 2 aromatic rings. The quantitative estimate of drug-likeness (QED) is 0.732. The van der Waals surface area contributed by atoms with Gasteiger partial charge in [-0.25, -0.2) is 9.37 Å². The van der Waals surface area contributed by atoms with Crippen molar-refractivity contribution in [3.05, 3.63) is 42.1 Å². The number of aryl methyl sites for hydroxylation is 1. The minimum Gasteiger partial charge on any atom is -0.331 e. The lowest BCUT2D eigenvalue weighted by atomic mass is 10.1. The van der Waals surface area contributed by atoms with Crippen LogP contribution in [0.1, 0.15) is 31.6 Å². The Hall–Kier alpha value is -1.64. The first-order valence-corrected chi connectivity index (χ1v) is 6.08. The summed E-state index contributed by atoms with van der Waals surface area (Å²) in [4.78, 5) is 4.56. The first-order valence-electron chi connectivity index (χ1n) is 6.08. The highest BCUT2D eigenvalue weighted by Crippen LogP contribution is 2.29. The number of aromatic nitrogens is 2. The first-order chi connectivity index (χ1) is 8.25. The number of rotatable bonds is 1. The molecule has 0 radical (unpaired) electrons. The summed E-state index contributed by atoms with van der Waals surface area (Å²) in [5, 5.41) is 0. The van der Waals surface area contributed by atoms with Crippen LogP contribution in [0.2, 0.25) is 0 Å². The van der Waals surface area contributed by atoms with Crippen LogP contribution in [0.25, 0.3) is 11.3 Å². The summed E-state index contributed by atoms with van der Waals surface area (Å²) in [6, 6.07) is 7.30. The molecule has 0 amide bonds.